The zero-order chi connectivity index (χ0) is 61.4. The number of nitrogens with zero attached hydrogens (tertiary/aromatic N) is 3. The van der Waals surface area contributed by atoms with Gasteiger partial charge in [0.15, 0.2) is 0 Å². The van der Waals surface area contributed by atoms with Crippen LogP contribution >= 0.6 is 11.8 Å². The van der Waals surface area contributed by atoms with Crippen LogP contribution in [0.5, 0.6) is 0 Å². The maximum Gasteiger partial charge on any atom is 0.459 e. The fraction of sp³-hybridized carbons (Fsp3) is 0.913. The Morgan fingerprint density at radius 2 is 0.793 bits per heavy atom. The monoisotopic (exact) mass is 1250 g/mol. The SMILES string of the molecule is COCCOCCOCCOCCOCCOCCOCCOCCOCCOCCOCCOCCn1cc(CSC(CC(=O)OC(C)COCC(F)(F)C(F)(F)C(F)(F)F)C(=O)OC(C)COCC(F)(F)C(F)(F)C(F)(F)F)nn1. The number of aromatic nitrogens is 3. The Morgan fingerprint density at radius 1 is 0.476 bits per heavy atom. The molecular weight excluding hydrogens is 1180 g/mol. The van der Waals surface area contributed by atoms with Crippen LogP contribution in [0.3, 0.4) is 0 Å². The third-order valence-electron chi connectivity index (χ3n) is 9.80. The first kappa shape index (κ1) is 76.9. The average molecular weight is 1250 g/mol. The topological polar surface area (TPSA) is 213 Å². The number of halogens is 14. The van der Waals surface area contributed by atoms with Crippen molar-refractivity contribution in [2.45, 2.75) is 86.1 Å². The normalized spacial score (nSPS) is 14.1. The summed E-state index contributed by atoms with van der Waals surface area (Å²) in [7, 11) is 1.61. The molecule has 0 spiro atoms. The molecule has 0 amide bonds. The van der Waals surface area contributed by atoms with Crippen LogP contribution in [0.2, 0.25) is 0 Å². The van der Waals surface area contributed by atoms with E-state index in [1.807, 2.05) is 0 Å². The number of carbonyl (C=O) groups is 2. The van der Waals surface area contributed by atoms with Crippen molar-refractivity contribution in [1.82, 2.24) is 15.0 Å². The van der Waals surface area contributed by atoms with Crippen LogP contribution in [0.4, 0.5) is 61.5 Å². The number of hydrogen-bond donors (Lipinski definition) is 0. The molecule has 0 radical (unpaired) electrons. The summed E-state index contributed by atoms with van der Waals surface area (Å²) in [6.45, 7) is 3.86. The molecule has 0 bridgehead atoms. The van der Waals surface area contributed by atoms with Gasteiger partial charge in [0.25, 0.3) is 0 Å². The lowest BCUT2D eigenvalue weighted by molar-refractivity contribution is -0.361. The van der Waals surface area contributed by atoms with E-state index in [4.69, 9.17) is 66.3 Å². The summed E-state index contributed by atoms with van der Waals surface area (Å²) in [4.78, 5) is 25.8. The minimum absolute atomic E-state index is 0.129. The number of alkyl halides is 14. The Bertz CT molecular complexity index is 1790. The summed E-state index contributed by atoms with van der Waals surface area (Å²) >= 11 is 0.629. The van der Waals surface area contributed by atoms with Gasteiger partial charge in [0.05, 0.1) is 184 Å². The molecule has 0 N–H and O–H groups in total. The van der Waals surface area contributed by atoms with Crippen molar-refractivity contribution in [3.8, 4) is 0 Å². The summed E-state index contributed by atoms with van der Waals surface area (Å²) in [5, 5.41) is 6.19. The lowest BCUT2D eigenvalue weighted by Crippen LogP contribution is -2.54. The molecule has 0 fully saturated rings. The number of carbonyl (C=O) groups excluding carboxylic acids is 2. The van der Waals surface area contributed by atoms with Gasteiger partial charge in [0.2, 0.25) is 0 Å². The Morgan fingerprint density at radius 3 is 1.12 bits per heavy atom. The van der Waals surface area contributed by atoms with Gasteiger partial charge in [-0.3, -0.25) is 9.59 Å². The molecule has 36 heteroatoms. The van der Waals surface area contributed by atoms with Crippen molar-refractivity contribution in [3.05, 3.63) is 11.9 Å². The van der Waals surface area contributed by atoms with E-state index in [0.29, 0.717) is 137 Å². The zero-order valence-corrected chi connectivity index (χ0v) is 46.2. The summed E-state index contributed by atoms with van der Waals surface area (Å²) in [5.41, 5.74) is 0.188. The predicted octanol–water partition coefficient (Wildman–Crippen LogP) is 5.66. The molecule has 3 atom stereocenters. The highest BCUT2D eigenvalue weighted by Gasteiger charge is 2.74. The third-order valence-corrected chi connectivity index (χ3v) is 11.0. The highest BCUT2D eigenvalue weighted by Crippen LogP contribution is 2.47. The van der Waals surface area contributed by atoms with Crippen molar-refractivity contribution < 1.29 is 147 Å². The first-order chi connectivity index (χ1) is 38.7. The fourth-order valence-electron chi connectivity index (χ4n) is 5.58. The molecule has 3 unspecified atom stereocenters. The van der Waals surface area contributed by atoms with Crippen LogP contribution < -0.4 is 0 Å². The molecule has 0 aliphatic rings. The Hall–Kier alpha value is -3.11. The second kappa shape index (κ2) is 42.7. The highest BCUT2D eigenvalue weighted by atomic mass is 32.2. The number of ether oxygens (including phenoxy) is 16. The van der Waals surface area contributed by atoms with Crippen LogP contribution in [-0.4, -0.2) is 266 Å². The molecule has 0 saturated heterocycles. The van der Waals surface area contributed by atoms with Crippen LogP contribution in [0.25, 0.3) is 0 Å². The van der Waals surface area contributed by atoms with Crippen LogP contribution in [-0.2, 0) is 97.7 Å². The number of hydrogen-bond acceptors (Lipinski definition) is 21. The van der Waals surface area contributed by atoms with Gasteiger partial charge in [-0.25, -0.2) is 4.68 Å². The van der Waals surface area contributed by atoms with Gasteiger partial charge in [-0.2, -0.15) is 61.5 Å². The van der Waals surface area contributed by atoms with E-state index in [1.54, 1.807) is 7.11 Å². The van der Waals surface area contributed by atoms with E-state index in [9.17, 15) is 71.1 Å². The highest BCUT2D eigenvalue weighted by molar-refractivity contribution is 7.99. The van der Waals surface area contributed by atoms with E-state index < -0.39 is 98.3 Å². The maximum absolute atomic E-state index is 13.7. The second-order valence-corrected chi connectivity index (χ2v) is 18.0. The predicted molar refractivity (Wildman–Crippen MR) is 255 cm³/mol. The molecule has 1 rings (SSSR count). The van der Waals surface area contributed by atoms with Crippen LogP contribution in [0.15, 0.2) is 6.20 Å². The van der Waals surface area contributed by atoms with Gasteiger partial charge in [0, 0.05) is 19.1 Å². The lowest BCUT2D eigenvalue weighted by atomic mass is 10.2. The maximum atomic E-state index is 13.7. The molecule has 1 aromatic rings. The smallest absolute Gasteiger partial charge is 0.459 e. The van der Waals surface area contributed by atoms with E-state index in [1.165, 1.54) is 10.9 Å². The first-order valence-electron chi connectivity index (χ1n) is 25.2. The van der Waals surface area contributed by atoms with Crippen molar-refractivity contribution in [2.24, 2.45) is 0 Å². The minimum Gasteiger partial charge on any atom is -0.460 e. The number of thioether (sulfide) groups is 1. The van der Waals surface area contributed by atoms with E-state index in [0.717, 1.165) is 13.8 Å². The van der Waals surface area contributed by atoms with Gasteiger partial charge in [-0.1, -0.05) is 5.21 Å². The number of esters is 2. The minimum atomic E-state index is -6.64. The van der Waals surface area contributed by atoms with Gasteiger partial charge in [-0.15, -0.1) is 16.9 Å². The Kier molecular flexibility index (Phi) is 40.0. The third kappa shape index (κ3) is 34.1. The van der Waals surface area contributed by atoms with Crippen molar-refractivity contribution in [2.75, 3.05) is 185 Å². The van der Waals surface area contributed by atoms with Gasteiger partial charge >= 0.3 is 48.0 Å². The van der Waals surface area contributed by atoms with Gasteiger partial charge < -0.3 is 75.8 Å². The van der Waals surface area contributed by atoms with Gasteiger partial charge in [0.1, 0.15) is 30.7 Å². The number of rotatable bonds is 54. The molecule has 0 aromatic carbocycles. The van der Waals surface area contributed by atoms with E-state index >= 15 is 0 Å². The lowest BCUT2D eigenvalue weighted by Gasteiger charge is -2.28. The largest absolute Gasteiger partial charge is 0.460 e. The Labute approximate surface area is 468 Å². The van der Waals surface area contributed by atoms with Gasteiger partial charge in [-0.05, 0) is 13.8 Å². The van der Waals surface area contributed by atoms with Crippen molar-refractivity contribution in [1.29, 1.82) is 0 Å². The zero-order valence-electron chi connectivity index (χ0n) is 45.4. The number of methoxy groups -OCH3 is 1. The van der Waals surface area contributed by atoms with Crippen LogP contribution in [0.1, 0.15) is 26.0 Å². The molecule has 1 aromatic heterocycles. The quantitative estimate of drug-likeness (QED) is 0.0437. The second-order valence-electron chi connectivity index (χ2n) is 16.8. The Balaban J connectivity index is 2.29. The molecule has 0 aliphatic heterocycles. The molecule has 0 saturated carbocycles. The summed E-state index contributed by atoms with van der Waals surface area (Å²) in [5.74, 6) is -27.3. The summed E-state index contributed by atoms with van der Waals surface area (Å²) < 4.78 is 266. The summed E-state index contributed by atoms with van der Waals surface area (Å²) in [6, 6.07) is 0. The first-order valence-corrected chi connectivity index (χ1v) is 26.3. The van der Waals surface area contributed by atoms with Crippen molar-refractivity contribution >= 4 is 23.7 Å². The van der Waals surface area contributed by atoms with Crippen LogP contribution in [0, 0.1) is 0 Å². The van der Waals surface area contributed by atoms with E-state index in [-0.39, 0.29) is 44.4 Å². The molecule has 21 nitrogen and oxygen atoms in total. The van der Waals surface area contributed by atoms with E-state index in [2.05, 4.69) is 19.8 Å². The molecule has 1 heterocycles. The van der Waals surface area contributed by atoms with Crippen molar-refractivity contribution in [3.63, 3.8) is 0 Å². The molecule has 484 valence electrons. The fourth-order valence-corrected chi connectivity index (χ4v) is 6.53. The molecular formula is C46H73F14N3O18S. The average Bonchev–Trinajstić information content (AvgIpc) is 4.02. The standard InChI is InChI=1S/C46H73F14N3O18S/c1-35(30-78-33-41(47,48)43(51,52)45(55,56)57)80-39(64)28-38(40(65)81-36(2)31-79-34-42(49,50)44(53,54)46(58,59)60)82-32-37-29-63(62-61-37)4-5-67-8-9-69-12-13-71-16-17-73-20-21-75-24-25-77-27-26-76-23-22-74-19-18-72-15-14-70-11-10-68-7-6-66-3/h29,35-36,38H,4-28,30-34H2,1-3H3. The molecule has 0 aliphatic carbocycles. The summed E-state index contributed by atoms with van der Waals surface area (Å²) in [6.07, 6.45) is -16.0. The molecule has 82 heavy (non-hydrogen) atoms.